The molecule has 1 saturated carbocycles. The van der Waals surface area contributed by atoms with Gasteiger partial charge in [0.25, 0.3) is 0 Å². The molecule has 0 bridgehead atoms. The second-order valence-electron chi connectivity index (χ2n) is 6.31. The van der Waals surface area contributed by atoms with Gasteiger partial charge in [-0.1, -0.05) is 18.2 Å². The first-order valence-electron chi connectivity index (χ1n) is 8.61. The molecule has 1 aliphatic carbocycles. The maximum atomic E-state index is 12.3. The molecule has 2 amide bonds. The summed E-state index contributed by atoms with van der Waals surface area (Å²) in [5, 5.41) is 3.05. The lowest BCUT2D eigenvalue weighted by molar-refractivity contribution is -0.0261. The number of carbonyl (C=O) groups is 1. The summed E-state index contributed by atoms with van der Waals surface area (Å²) in [5.41, 5.74) is 1.07. The van der Waals surface area contributed by atoms with Crippen LogP contribution in [0.25, 0.3) is 0 Å². The molecule has 1 aromatic carbocycles. The third-order valence-electron chi connectivity index (χ3n) is 4.66. The fourth-order valence-electron chi connectivity index (χ4n) is 3.28. The number of benzene rings is 1. The van der Waals surface area contributed by atoms with E-state index in [0.717, 1.165) is 43.7 Å². The van der Waals surface area contributed by atoms with Crippen molar-refractivity contribution >= 4 is 6.03 Å². The third kappa shape index (κ3) is 4.16. The molecule has 0 aromatic heterocycles. The molecule has 5 heteroatoms. The van der Waals surface area contributed by atoms with Crippen LogP contribution >= 0.6 is 0 Å². The molecule has 5 nitrogen and oxygen atoms in total. The number of urea groups is 1. The minimum absolute atomic E-state index is 0.00554. The average Bonchev–Trinajstić information content (AvgIpc) is 2.74. The number of hydrogen-bond donors (Lipinski definition) is 1. The summed E-state index contributed by atoms with van der Waals surface area (Å²) >= 11 is 0. The van der Waals surface area contributed by atoms with Crippen LogP contribution in [0.5, 0.6) is 5.75 Å². The Bertz CT molecular complexity index is 529. The second-order valence-corrected chi connectivity index (χ2v) is 6.31. The predicted molar refractivity (Wildman–Crippen MR) is 88.5 cm³/mol. The Morgan fingerprint density at radius 1 is 1.39 bits per heavy atom. The van der Waals surface area contributed by atoms with Crippen LogP contribution in [0.15, 0.2) is 24.3 Å². The van der Waals surface area contributed by atoms with Crippen molar-refractivity contribution in [1.29, 1.82) is 0 Å². The Labute approximate surface area is 137 Å². The molecule has 0 radical (unpaired) electrons. The standard InChI is InChI=1S/C18H26N2O3/c1-2-22-16-11-14(12-16)7-8-19-18(21)20-9-10-23-17-6-4-3-5-15(17)13-20/h3-6,14,16H,2,7-13H2,1H3,(H,19,21). The van der Waals surface area contributed by atoms with Gasteiger partial charge in [0.2, 0.25) is 0 Å². The number of ether oxygens (including phenoxy) is 2. The molecule has 1 aromatic rings. The van der Waals surface area contributed by atoms with Crippen molar-refractivity contribution in [3.63, 3.8) is 0 Å². The van der Waals surface area contributed by atoms with E-state index in [4.69, 9.17) is 9.47 Å². The van der Waals surface area contributed by atoms with E-state index < -0.39 is 0 Å². The highest BCUT2D eigenvalue weighted by Gasteiger charge is 2.29. The van der Waals surface area contributed by atoms with Crippen LogP contribution in [0.1, 0.15) is 31.7 Å². The van der Waals surface area contributed by atoms with E-state index in [1.54, 1.807) is 0 Å². The van der Waals surface area contributed by atoms with Crippen LogP contribution < -0.4 is 10.1 Å². The van der Waals surface area contributed by atoms with E-state index in [1.807, 2.05) is 36.1 Å². The van der Waals surface area contributed by atoms with Gasteiger partial charge in [0.1, 0.15) is 12.4 Å². The van der Waals surface area contributed by atoms with Gasteiger partial charge in [-0.15, -0.1) is 0 Å². The van der Waals surface area contributed by atoms with Crippen LogP contribution in [0.4, 0.5) is 4.79 Å². The summed E-state index contributed by atoms with van der Waals surface area (Å²) in [4.78, 5) is 14.2. The van der Waals surface area contributed by atoms with Crippen LogP contribution in [-0.2, 0) is 11.3 Å². The molecule has 0 unspecified atom stereocenters. The van der Waals surface area contributed by atoms with Gasteiger partial charge in [-0.05, 0) is 38.2 Å². The van der Waals surface area contributed by atoms with Gasteiger partial charge in [0.05, 0.1) is 19.2 Å². The Morgan fingerprint density at radius 2 is 2.22 bits per heavy atom. The van der Waals surface area contributed by atoms with E-state index in [9.17, 15) is 4.79 Å². The van der Waals surface area contributed by atoms with Gasteiger partial charge in [-0.2, -0.15) is 0 Å². The number of hydrogen-bond acceptors (Lipinski definition) is 3. The molecule has 1 aliphatic heterocycles. The summed E-state index contributed by atoms with van der Waals surface area (Å²) in [5.74, 6) is 1.58. The van der Waals surface area contributed by atoms with Crippen molar-refractivity contribution in [3.8, 4) is 5.75 Å². The zero-order chi connectivity index (χ0) is 16.1. The maximum absolute atomic E-state index is 12.3. The molecule has 1 N–H and O–H groups in total. The Balaban J connectivity index is 1.41. The lowest BCUT2D eigenvalue weighted by Gasteiger charge is -2.35. The molecule has 2 aliphatic rings. The first kappa shape index (κ1) is 16.1. The number of para-hydroxylation sites is 1. The van der Waals surface area contributed by atoms with Crippen LogP contribution in [0.2, 0.25) is 0 Å². The first-order valence-corrected chi connectivity index (χ1v) is 8.61. The molecular formula is C18H26N2O3. The average molecular weight is 318 g/mol. The molecule has 23 heavy (non-hydrogen) atoms. The van der Waals surface area contributed by atoms with Crippen molar-refractivity contribution in [3.05, 3.63) is 29.8 Å². The second kappa shape index (κ2) is 7.68. The lowest BCUT2D eigenvalue weighted by atomic mass is 9.80. The fourth-order valence-corrected chi connectivity index (χ4v) is 3.28. The number of rotatable bonds is 5. The van der Waals surface area contributed by atoms with E-state index in [1.165, 1.54) is 0 Å². The highest BCUT2D eigenvalue weighted by atomic mass is 16.5. The van der Waals surface area contributed by atoms with Crippen molar-refractivity contribution in [2.75, 3.05) is 26.3 Å². The third-order valence-corrected chi connectivity index (χ3v) is 4.66. The summed E-state index contributed by atoms with van der Waals surface area (Å²) in [6.07, 6.45) is 3.75. The minimum atomic E-state index is 0.00554. The van der Waals surface area contributed by atoms with Gasteiger partial charge in [0, 0.05) is 18.7 Å². The number of fused-ring (bicyclic) bond motifs is 1. The van der Waals surface area contributed by atoms with Gasteiger partial charge in [-0.25, -0.2) is 4.79 Å². The van der Waals surface area contributed by atoms with E-state index in [-0.39, 0.29) is 6.03 Å². The minimum Gasteiger partial charge on any atom is -0.491 e. The smallest absolute Gasteiger partial charge is 0.317 e. The number of nitrogens with zero attached hydrogens (tertiary/aromatic N) is 1. The van der Waals surface area contributed by atoms with Crippen LogP contribution in [0, 0.1) is 5.92 Å². The largest absolute Gasteiger partial charge is 0.491 e. The normalized spacial score (nSPS) is 23.3. The molecule has 1 heterocycles. The fraction of sp³-hybridized carbons (Fsp3) is 0.611. The number of amides is 2. The van der Waals surface area contributed by atoms with Gasteiger partial charge in [-0.3, -0.25) is 0 Å². The first-order chi connectivity index (χ1) is 11.3. The summed E-state index contributed by atoms with van der Waals surface area (Å²) < 4.78 is 11.3. The zero-order valence-electron chi connectivity index (χ0n) is 13.8. The van der Waals surface area contributed by atoms with E-state index in [2.05, 4.69) is 5.32 Å². The molecule has 0 atom stereocenters. The summed E-state index contributed by atoms with van der Waals surface area (Å²) in [6, 6.07) is 7.93. The van der Waals surface area contributed by atoms with Gasteiger partial charge >= 0.3 is 6.03 Å². The van der Waals surface area contributed by atoms with Crippen molar-refractivity contribution in [2.45, 2.75) is 38.8 Å². The van der Waals surface area contributed by atoms with Crippen LogP contribution in [-0.4, -0.2) is 43.3 Å². The highest BCUT2D eigenvalue weighted by Crippen LogP contribution is 2.32. The number of nitrogens with one attached hydrogen (secondary N) is 1. The van der Waals surface area contributed by atoms with Gasteiger partial charge in [0.15, 0.2) is 0 Å². The molecule has 0 spiro atoms. The zero-order valence-corrected chi connectivity index (χ0v) is 13.8. The van der Waals surface area contributed by atoms with Crippen LogP contribution in [0.3, 0.4) is 0 Å². The Kier molecular flexibility index (Phi) is 5.39. The SMILES string of the molecule is CCOC1CC(CCNC(=O)N2CCOc3ccccc3C2)C1. The predicted octanol–water partition coefficient (Wildman–Crippen LogP) is 2.80. The van der Waals surface area contributed by atoms with E-state index in [0.29, 0.717) is 31.7 Å². The Morgan fingerprint density at radius 3 is 3.04 bits per heavy atom. The molecule has 1 fully saturated rings. The molecular weight excluding hydrogens is 292 g/mol. The maximum Gasteiger partial charge on any atom is 0.317 e. The topological polar surface area (TPSA) is 50.8 Å². The highest BCUT2D eigenvalue weighted by molar-refractivity contribution is 5.74. The van der Waals surface area contributed by atoms with Crippen molar-refractivity contribution < 1.29 is 14.3 Å². The van der Waals surface area contributed by atoms with Crippen molar-refractivity contribution in [1.82, 2.24) is 10.2 Å². The van der Waals surface area contributed by atoms with Crippen molar-refractivity contribution in [2.24, 2.45) is 5.92 Å². The molecule has 126 valence electrons. The molecule has 3 rings (SSSR count). The lowest BCUT2D eigenvalue weighted by Crippen LogP contribution is -2.42. The summed E-state index contributed by atoms with van der Waals surface area (Å²) in [7, 11) is 0. The van der Waals surface area contributed by atoms with Gasteiger partial charge < -0.3 is 19.7 Å². The quantitative estimate of drug-likeness (QED) is 0.908. The number of carbonyl (C=O) groups excluding carboxylic acids is 1. The summed E-state index contributed by atoms with van der Waals surface area (Å²) in [6.45, 7) is 5.35. The van der Waals surface area contributed by atoms with E-state index >= 15 is 0 Å². The monoisotopic (exact) mass is 318 g/mol. The molecule has 0 saturated heterocycles. The Hall–Kier alpha value is -1.75.